The summed E-state index contributed by atoms with van der Waals surface area (Å²) in [6, 6.07) is 1.90. The number of halogens is 1. The first-order chi connectivity index (χ1) is 8.95. The summed E-state index contributed by atoms with van der Waals surface area (Å²) < 4.78 is 17.8. The van der Waals surface area contributed by atoms with Crippen LogP contribution in [0.4, 0.5) is 4.39 Å². The maximum Gasteiger partial charge on any atom is 0.365 e. The molecule has 7 nitrogen and oxygen atoms in total. The smallest absolute Gasteiger partial charge is 0.365 e. The molecule has 0 saturated carbocycles. The number of nitrogens with zero attached hydrogens (tertiary/aromatic N) is 1. The Morgan fingerprint density at radius 2 is 1.95 bits per heavy atom. The molecule has 0 spiro atoms. The summed E-state index contributed by atoms with van der Waals surface area (Å²) in [5.74, 6) is -2.80. The Hall–Kier alpha value is -2.64. The number of fused-ring (bicyclic) bond motifs is 1. The number of alkyl halides is 1. The SMILES string of the molecule is O=C(O)c1cc(C(=O)O)c2c(c1)c(=O)on2CCF. The zero-order valence-electron chi connectivity index (χ0n) is 9.42. The number of carboxylic acids is 2. The van der Waals surface area contributed by atoms with E-state index in [1.807, 2.05) is 0 Å². The van der Waals surface area contributed by atoms with Gasteiger partial charge in [0.05, 0.1) is 23.1 Å². The van der Waals surface area contributed by atoms with E-state index in [-0.39, 0.29) is 23.0 Å². The van der Waals surface area contributed by atoms with Crippen LogP contribution in [0.2, 0.25) is 0 Å². The number of hydrogen-bond acceptors (Lipinski definition) is 4. The van der Waals surface area contributed by atoms with E-state index in [0.717, 1.165) is 16.9 Å². The summed E-state index contributed by atoms with van der Waals surface area (Å²) in [5.41, 5.74) is -1.81. The first-order valence-corrected chi connectivity index (χ1v) is 5.16. The maximum atomic E-state index is 12.3. The molecule has 1 aromatic heterocycles. The molecule has 0 atom stereocenters. The van der Waals surface area contributed by atoms with Gasteiger partial charge in [0.15, 0.2) is 0 Å². The van der Waals surface area contributed by atoms with E-state index in [4.69, 9.17) is 14.7 Å². The Kier molecular flexibility index (Phi) is 3.07. The van der Waals surface area contributed by atoms with Gasteiger partial charge in [-0.3, -0.25) is 0 Å². The predicted molar refractivity (Wildman–Crippen MR) is 60.4 cm³/mol. The largest absolute Gasteiger partial charge is 0.478 e. The number of rotatable bonds is 4. The number of hydrogen-bond donors (Lipinski definition) is 2. The first-order valence-electron chi connectivity index (χ1n) is 5.16. The summed E-state index contributed by atoms with van der Waals surface area (Å²) in [4.78, 5) is 33.5. The van der Waals surface area contributed by atoms with Gasteiger partial charge in [-0.2, -0.15) is 0 Å². The van der Waals surface area contributed by atoms with Crippen LogP contribution in [0.5, 0.6) is 0 Å². The highest BCUT2D eigenvalue weighted by Gasteiger charge is 2.21. The molecule has 19 heavy (non-hydrogen) atoms. The van der Waals surface area contributed by atoms with Crippen LogP contribution in [-0.2, 0) is 6.54 Å². The third kappa shape index (κ3) is 2.07. The van der Waals surface area contributed by atoms with Crippen molar-refractivity contribution in [3.63, 3.8) is 0 Å². The molecule has 2 aromatic rings. The fourth-order valence-corrected chi connectivity index (χ4v) is 1.77. The van der Waals surface area contributed by atoms with Crippen molar-refractivity contribution in [3.8, 4) is 0 Å². The highest BCUT2D eigenvalue weighted by atomic mass is 19.1. The van der Waals surface area contributed by atoms with Crippen LogP contribution in [0, 0.1) is 0 Å². The van der Waals surface area contributed by atoms with Crippen LogP contribution in [-0.4, -0.2) is 33.6 Å². The average Bonchev–Trinajstić information content (AvgIpc) is 2.66. The van der Waals surface area contributed by atoms with Crippen LogP contribution in [0.25, 0.3) is 10.9 Å². The van der Waals surface area contributed by atoms with E-state index in [1.165, 1.54) is 0 Å². The summed E-state index contributed by atoms with van der Waals surface area (Å²) >= 11 is 0. The van der Waals surface area contributed by atoms with Crippen LogP contribution in [0.1, 0.15) is 20.7 Å². The number of benzene rings is 1. The van der Waals surface area contributed by atoms with Crippen LogP contribution < -0.4 is 5.63 Å². The monoisotopic (exact) mass is 269 g/mol. The van der Waals surface area contributed by atoms with Gasteiger partial charge in [-0.15, -0.1) is 0 Å². The summed E-state index contributed by atoms with van der Waals surface area (Å²) in [5, 5.41) is 17.7. The molecule has 0 radical (unpaired) electrons. The van der Waals surface area contributed by atoms with E-state index < -0.39 is 29.8 Å². The first kappa shape index (κ1) is 12.8. The molecule has 0 bridgehead atoms. The predicted octanol–water partition coefficient (Wildman–Crippen LogP) is 0.960. The van der Waals surface area contributed by atoms with Gasteiger partial charge in [0.25, 0.3) is 0 Å². The topological polar surface area (TPSA) is 110 Å². The normalized spacial score (nSPS) is 10.8. The zero-order valence-corrected chi connectivity index (χ0v) is 9.42. The molecule has 2 N–H and O–H groups in total. The lowest BCUT2D eigenvalue weighted by Crippen LogP contribution is -2.07. The van der Waals surface area contributed by atoms with Crippen molar-refractivity contribution in [1.82, 2.24) is 4.74 Å². The molecule has 0 aliphatic rings. The quantitative estimate of drug-likeness (QED) is 0.855. The Bertz CT molecular complexity index is 729. The van der Waals surface area contributed by atoms with Gasteiger partial charge >= 0.3 is 17.6 Å². The van der Waals surface area contributed by atoms with Gasteiger partial charge in [-0.05, 0) is 12.1 Å². The highest BCUT2D eigenvalue weighted by Crippen LogP contribution is 2.20. The Morgan fingerprint density at radius 1 is 1.26 bits per heavy atom. The molecule has 0 aliphatic heterocycles. The van der Waals surface area contributed by atoms with E-state index in [0.29, 0.717) is 0 Å². The molecule has 2 rings (SSSR count). The Labute approximate surface area is 104 Å². The molecular formula is C11H8FNO6. The summed E-state index contributed by atoms with van der Waals surface area (Å²) in [6.45, 7) is -1.18. The van der Waals surface area contributed by atoms with E-state index in [9.17, 15) is 18.8 Å². The summed E-state index contributed by atoms with van der Waals surface area (Å²) in [7, 11) is 0. The average molecular weight is 269 g/mol. The second-order valence-corrected chi connectivity index (χ2v) is 3.70. The highest BCUT2D eigenvalue weighted by molar-refractivity contribution is 6.05. The van der Waals surface area contributed by atoms with E-state index in [2.05, 4.69) is 0 Å². The number of aryl methyl sites for hydroxylation is 1. The van der Waals surface area contributed by atoms with Gasteiger partial charge in [-0.25, -0.2) is 23.5 Å². The molecule has 8 heteroatoms. The minimum atomic E-state index is -1.43. The van der Waals surface area contributed by atoms with Gasteiger partial charge in [-0.1, -0.05) is 0 Å². The van der Waals surface area contributed by atoms with Crippen molar-refractivity contribution in [2.24, 2.45) is 0 Å². The standard InChI is InChI=1S/C11H8FNO6/c12-1-2-13-8-6(10(16)17)3-5(9(14)15)4-7(8)11(18)19-13/h3-4H,1-2H2,(H,14,15)(H,16,17). The number of aromatic nitrogens is 1. The third-order valence-corrected chi connectivity index (χ3v) is 2.54. The molecule has 0 aliphatic carbocycles. The fourth-order valence-electron chi connectivity index (χ4n) is 1.77. The van der Waals surface area contributed by atoms with Crippen LogP contribution in [0.3, 0.4) is 0 Å². The molecule has 1 aromatic carbocycles. The van der Waals surface area contributed by atoms with Gasteiger partial charge < -0.3 is 14.7 Å². The second kappa shape index (κ2) is 4.56. The lowest BCUT2D eigenvalue weighted by atomic mass is 10.1. The van der Waals surface area contributed by atoms with Crippen LogP contribution in [0.15, 0.2) is 21.5 Å². The Balaban J connectivity index is 2.89. The van der Waals surface area contributed by atoms with Crippen molar-refractivity contribution in [2.75, 3.05) is 6.67 Å². The van der Waals surface area contributed by atoms with Crippen molar-refractivity contribution in [3.05, 3.63) is 33.7 Å². The fraction of sp³-hybridized carbons (Fsp3) is 0.182. The van der Waals surface area contributed by atoms with E-state index >= 15 is 0 Å². The van der Waals surface area contributed by atoms with Gasteiger partial charge in [0.1, 0.15) is 12.2 Å². The molecule has 0 fully saturated rings. The van der Waals surface area contributed by atoms with E-state index in [1.54, 1.807) is 0 Å². The van der Waals surface area contributed by atoms with Crippen molar-refractivity contribution in [1.29, 1.82) is 0 Å². The van der Waals surface area contributed by atoms with Crippen LogP contribution >= 0.6 is 0 Å². The zero-order chi connectivity index (χ0) is 14.2. The number of carboxylic acid groups (broad SMARTS) is 2. The molecule has 100 valence electrons. The lowest BCUT2D eigenvalue weighted by Gasteiger charge is -2.03. The minimum absolute atomic E-state index is 0.125. The number of aromatic carboxylic acids is 2. The van der Waals surface area contributed by atoms with Gasteiger partial charge in [0, 0.05) is 0 Å². The molecule has 0 unspecified atom stereocenters. The lowest BCUT2D eigenvalue weighted by molar-refractivity contribution is 0.0696. The molecule has 0 amide bonds. The molecule has 1 heterocycles. The third-order valence-electron chi connectivity index (χ3n) is 2.54. The maximum absolute atomic E-state index is 12.3. The van der Waals surface area contributed by atoms with Gasteiger partial charge in [0.2, 0.25) is 0 Å². The van der Waals surface area contributed by atoms with Crippen molar-refractivity contribution >= 4 is 22.8 Å². The Morgan fingerprint density at radius 3 is 2.47 bits per heavy atom. The summed E-state index contributed by atoms with van der Waals surface area (Å²) in [6.07, 6.45) is 0. The molecular weight excluding hydrogens is 261 g/mol. The van der Waals surface area contributed by atoms with Crippen molar-refractivity contribution < 1.29 is 28.7 Å². The second-order valence-electron chi connectivity index (χ2n) is 3.70. The minimum Gasteiger partial charge on any atom is -0.478 e. The number of carbonyl (C=O) groups is 2. The molecule has 0 saturated heterocycles. The van der Waals surface area contributed by atoms with Crippen molar-refractivity contribution in [2.45, 2.75) is 6.54 Å².